The second kappa shape index (κ2) is 5.55. The molecule has 0 radical (unpaired) electrons. The second-order valence-corrected chi connectivity index (χ2v) is 5.58. The first-order valence-electron chi connectivity index (χ1n) is 5.80. The molecule has 0 bridgehead atoms. The number of rotatable bonds is 4. The number of aromatic nitrogens is 3. The maximum atomic E-state index is 11.0. The molecule has 1 unspecified atom stereocenters. The molecule has 0 fully saturated rings. The van der Waals surface area contributed by atoms with Crippen LogP contribution in [0.2, 0.25) is 0 Å². The zero-order valence-electron chi connectivity index (χ0n) is 10.1. The maximum Gasteiger partial charge on any atom is 0.248 e. The van der Waals surface area contributed by atoms with Crippen molar-refractivity contribution in [3.05, 3.63) is 40.4 Å². The Morgan fingerprint density at radius 2 is 2.33 bits per heavy atom. The van der Waals surface area contributed by atoms with Crippen molar-refractivity contribution >= 4 is 28.4 Å². The summed E-state index contributed by atoms with van der Waals surface area (Å²) in [5.41, 5.74) is 7.55. The molecule has 2 aromatic heterocycles. The topological polar surface area (TPSA) is 76.7 Å². The number of nitrogens with two attached hydrogens (primary N) is 1. The van der Waals surface area contributed by atoms with E-state index in [-0.39, 0.29) is 5.56 Å². The minimum atomic E-state index is -0.137. The first-order valence-corrected chi connectivity index (χ1v) is 7.05. The molecule has 96 valence electrons. The molecule has 3 N–H and O–H groups in total. The Hall–Kier alpha value is -1.31. The van der Waals surface area contributed by atoms with E-state index in [1.807, 2.05) is 6.07 Å². The van der Waals surface area contributed by atoms with E-state index in [4.69, 9.17) is 5.73 Å². The highest BCUT2D eigenvalue weighted by atomic mass is 127. The lowest BCUT2D eigenvalue weighted by Gasteiger charge is -2.04. The minimum absolute atomic E-state index is 0.137. The predicted molar refractivity (Wildman–Crippen MR) is 80.3 cm³/mol. The highest BCUT2D eigenvalue weighted by Gasteiger charge is 2.13. The first kappa shape index (κ1) is 13.1. The van der Waals surface area contributed by atoms with Gasteiger partial charge in [0.15, 0.2) is 0 Å². The number of nitrogens with one attached hydrogen (secondary N) is 1. The number of halogens is 1. The van der Waals surface area contributed by atoms with Crippen molar-refractivity contribution in [2.75, 3.05) is 5.73 Å². The Morgan fingerprint density at radius 1 is 1.56 bits per heavy atom. The predicted octanol–water partition coefficient (Wildman–Crippen LogP) is 2.42. The number of alkyl halides is 1. The first-order chi connectivity index (χ1) is 8.61. The molecule has 5 nitrogen and oxygen atoms in total. The van der Waals surface area contributed by atoms with Gasteiger partial charge in [0, 0.05) is 18.3 Å². The Morgan fingerprint density at radius 3 is 2.94 bits per heavy atom. The number of anilines is 1. The van der Waals surface area contributed by atoms with E-state index in [9.17, 15) is 4.79 Å². The van der Waals surface area contributed by atoms with Gasteiger partial charge in [-0.2, -0.15) is 5.10 Å². The molecule has 0 aliphatic carbocycles. The number of H-pyrrole nitrogens is 1. The third-order valence-electron chi connectivity index (χ3n) is 2.63. The van der Waals surface area contributed by atoms with Gasteiger partial charge in [-0.1, -0.05) is 35.9 Å². The largest absolute Gasteiger partial charge is 0.384 e. The number of nitrogens with zero attached hydrogens (tertiary/aromatic N) is 2. The standard InChI is InChI=1S/C12H15IN4O/c1-2-3-9(13)10-6-11(14)17(16-10)8-4-5-12(18)15-7-8/h4-7,9H,2-3,14H2,1H3,(H,15,18). The Balaban J connectivity index is 2.34. The van der Waals surface area contributed by atoms with E-state index < -0.39 is 0 Å². The third kappa shape index (κ3) is 2.74. The van der Waals surface area contributed by atoms with Gasteiger partial charge in [0.1, 0.15) is 5.82 Å². The fraction of sp³-hybridized carbons (Fsp3) is 0.333. The fourth-order valence-electron chi connectivity index (χ4n) is 1.71. The molecule has 18 heavy (non-hydrogen) atoms. The lowest BCUT2D eigenvalue weighted by Crippen LogP contribution is -2.07. The van der Waals surface area contributed by atoms with Crippen LogP contribution in [0.3, 0.4) is 0 Å². The molecule has 0 aliphatic rings. The fourth-order valence-corrected chi connectivity index (χ4v) is 2.64. The SMILES string of the molecule is CCCC(I)c1cc(N)n(-c2ccc(=O)[nH]c2)n1. The molecule has 0 amide bonds. The normalized spacial score (nSPS) is 12.6. The Labute approximate surface area is 119 Å². The van der Waals surface area contributed by atoms with Gasteiger partial charge >= 0.3 is 0 Å². The molecule has 2 aromatic rings. The van der Waals surface area contributed by atoms with Crippen LogP contribution in [0.4, 0.5) is 5.82 Å². The molecule has 0 aromatic carbocycles. The second-order valence-electron chi connectivity index (χ2n) is 4.07. The zero-order valence-corrected chi connectivity index (χ0v) is 12.2. The van der Waals surface area contributed by atoms with Crippen molar-refractivity contribution in [1.29, 1.82) is 0 Å². The van der Waals surface area contributed by atoms with E-state index in [1.54, 1.807) is 16.9 Å². The van der Waals surface area contributed by atoms with Gasteiger partial charge in [-0.05, 0) is 12.5 Å². The highest BCUT2D eigenvalue weighted by molar-refractivity contribution is 14.1. The average molecular weight is 358 g/mol. The molecule has 0 saturated heterocycles. The minimum Gasteiger partial charge on any atom is -0.384 e. The molecule has 2 heterocycles. The van der Waals surface area contributed by atoms with Crippen LogP contribution in [0, 0.1) is 0 Å². The van der Waals surface area contributed by atoms with E-state index in [0.29, 0.717) is 9.74 Å². The summed E-state index contributed by atoms with van der Waals surface area (Å²) in [7, 11) is 0. The van der Waals surface area contributed by atoms with Gasteiger partial charge < -0.3 is 10.7 Å². The van der Waals surface area contributed by atoms with Crippen molar-refractivity contribution in [3.63, 3.8) is 0 Å². The number of hydrogen-bond donors (Lipinski definition) is 2. The Kier molecular flexibility index (Phi) is 4.05. The number of hydrogen-bond acceptors (Lipinski definition) is 3. The molecule has 2 rings (SSSR count). The van der Waals surface area contributed by atoms with Crippen molar-refractivity contribution < 1.29 is 0 Å². The van der Waals surface area contributed by atoms with Gasteiger partial charge in [0.05, 0.1) is 15.3 Å². The molecule has 0 aliphatic heterocycles. The summed E-state index contributed by atoms with van der Waals surface area (Å²) < 4.78 is 2.01. The summed E-state index contributed by atoms with van der Waals surface area (Å²) in [4.78, 5) is 13.6. The summed E-state index contributed by atoms with van der Waals surface area (Å²) in [6, 6.07) is 5.05. The van der Waals surface area contributed by atoms with Crippen LogP contribution >= 0.6 is 22.6 Å². The lowest BCUT2D eigenvalue weighted by molar-refractivity contribution is 0.756. The lowest BCUT2D eigenvalue weighted by atomic mass is 10.2. The zero-order chi connectivity index (χ0) is 13.1. The molecule has 1 atom stereocenters. The molecular weight excluding hydrogens is 343 g/mol. The average Bonchev–Trinajstić information content (AvgIpc) is 2.73. The van der Waals surface area contributed by atoms with Gasteiger partial charge in [0.25, 0.3) is 0 Å². The van der Waals surface area contributed by atoms with Gasteiger partial charge in [-0.25, -0.2) is 4.68 Å². The summed E-state index contributed by atoms with van der Waals surface area (Å²) in [5.74, 6) is 0.579. The number of pyridine rings is 1. The summed E-state index contributed by atoms with van der Waals surface area (Å²) >= 11 is 2.37. The summed E-state index contributed by atoms with van der Waals surface area (Å²) in [6.45, 7) is 2.15. The number of nitrogen functional groups attached to an aromatic ring is 1. The summed E-state index contributed by atoms with van der Waals surface area (Å²) in [6.07, 6.45) is 3.79. The van der Waals surface area contributed by atoms with Gasteiger partial charge in [-0.15, -0.1) is 0 Å². The molecule has 0 spiro atoms. The van der Waals surface area contributed by atoms with E-state index in [0.717, 1.165) is 24.2 Å². The third-order valence-corrected chi connectivity index (χ3v) is 3.89. The number of aromatic amines is 1. The summed E-state index contributed by atoms with van der Waals surface area (Å²) in [5, 5.41) is 4.49. The monoisotopic (exact) mass is 358 g/mol. The van der Waals surface area contributed by atoms with Crippen LogP contribution in [-0.2, 0) is 0 Å². The van der Waals surface area contributed by atoms with E-state index >= 15 is 0 Å². The van der Waals surface area contributed by atoms with Crippen LogP contribution in [-0.4, -0.2) is 14.8 Å². The van der Waals surface area contributed by atoms with Gasteiger partial charge in [-0.3, -0.25) is 4.79 Å². The van der Waals surface area contributed by atoms with Crippen LogP contribution in [0.25, 0.3) is 5.69 Å². The van der Waals surface area contributed by atoms with Crippen LogP contribution in [0.5, 0.6) is 0 Å². The van der Waals surface area contributed by atoms with Crippen LogP contribution in [0.15, 0.2) is 29.2 Å². The van der Waals surface area contributed by atoms with Crippen molar-refractivity contribution in [3.8, 4) is 5.69 Å². The molecule has 0 saturated carbocycles. The quantitative estimate of drug-likeness (QED) is 0.651. The maximum absolute atomic E-state index is 11.0. The molecular formula is C12H15IN4O. The molecule has 6 heteroatoms. The van der Waals surface area contributed by atoms with Crippen LogP contribution in [0.1, 0.15) is 29.4 Å². The Bertz CT molecular complexity index is 570. The van der Waals surface area contributed by atoms with E-state index in [2.05, 4.69) is 39.6 Å². The van der Waals surface area contributed by atoms with Gasteiger partial charge in [0.2, 0.25) is 5.56 Å². The van der Waals surface area contributed by atoms with E-state index in [1.165, 1.54) is 6.07 Å². The highest BCUT2D eigenvalue weighted by Crippen LogP contribution is 2.29. The van der Waals surface area contributed by atoms with Crippen molar-refractivity contribution in [2.24, 2.45) is 0 Å². The van der Waals surface area contributed by atoms with Crippen molar-refractivity contribution in [2.45, 2.75) is 23.7 Å². The van der Waals surface area contributed by atoms with Crippen molar-refractivity contribution in [1.82, 2.24) is 14.8 Å². The smallest absolute Gasteiger partial charge is 0.248 e. The van der Waals surface area contributed by atoms with Crippen LogP contribution < -0.4 is 11.3 Å².